The second kappa shape index (κ2) is 7.54. The maximum absolute atomic E-state index is 3.84. The zero-order valence-electron chi connectivity index (χ0n) is 6.62. The second-order valence-corrected chi connectivity index (χ2v) is 3.85. The molecule has 0 atom stereocenters. The van der Waals surface area contributed by atoms with E-state index in [1.807, 2.05) is 0 Å². The van der Waals surface area contributed by atoms with E-state index in [9.17, 15) is 0 Å². The SMILES string of the molecule is C=C(I)CCCCNCC. The summed E-state index contributed by atoms with van der Waals surface area (Å²) in [6.07, 6.45) is 3.72. The van der Waals surface area contributed by atoms with Crippen LogP contribution in [0.3, 0.4) is 0 Å². The number of nitrogens with one attached hydrogen (secondary N) is 1. The van der Waals surface area contributed by atoms with Gasteiger partial charge in [-0.1, -0.05) is 13.5 Å². The van der Waals surface area contributed by atoms with E-state index in [1.54, 1.807) is 0 Å². The molecule has 0 rings (SSSR count). The van der Waals surface area contributed by atoms with Crippen molar-refractivity contribution in [3.8, 4) is 0 Å². The molecule has 0 aromatic carbocycles. The fourth-order valence-electron chi connectivity index (χ4n) is 0.744. The Bertz CT molecular complexity index is 91.3. The van der Waals surface area contributed by atoms with Crippen LogP contribution in [0.25, 0.3) is 0 Å². The van der Waals surface area contributed by atoms with E-state index in [2.05, 4.69) is 41.4 Å². The van der Waals surface area contributed by atoms with Crippen LogP contribution in [0.15, 0.2) is 10.2 Å². The molecular formula is C8H16IN. The Morgan fingerprint density at radius 1 is 1.50 bits per heavy atom. The van der Waals surface area contributed by atoms with Crippen molar-refractivity contribution >= 4 is 22.6 Å². The number of allylic oxidation sites excluding steroid dienone is 1. The number of hydrogen-bond donors (Lipinski definition) is 1. The molecular weight excluding hydrogens is 237 g/mol. The summed E-state index contributed by atoms with van der Waals surface area (Å²) in [5.74, 6) is 0. The van der Waals surface area contributed by atoms with Crippen LogP contribution in [0.1, 0.15) is 26.2 Å². The maximum Gasteiger partial charge on any atom is -0.00489 e. The topological polar surface area (TPSA) is 12.0 Å². The van der Waals surface area contributed by atoms with E-state index in [4.69, 9.17) is 0 Å². The highest BCUT2D eigenvalue weighted by Gasteiger charge is 1.88. The molecule has 1 nitrogen and oxygen atoms in total. The summed E-state index contributed by atoms with van der Waals surface area (Å²) >= 11 is 2.29. The highest BCUT2D eigenvalue weighted by atomic mass is 127. The zero-order chi connectivity index (χ0) is 7.82. The minimum atomic E-state index is 1.09. The van der Waals surface area contributed by atoms with Gasteiger partial charge in [0.2, 0.25) is 0 Å². The Morgan fingerprint density at radius 2 is 2.20 bits per heavy atom. The van der Waals surface area contributed by atoms with Crippen LogP contribution < -0.4 is 5.32 Å². The Morgan fingerprint density at radius 3 is 2.70 bits per heavy atom. The predicted molar refractivity (Wildman–Crippen MR) is 55.6 cm³/mol. The van der Waals surface area contributed by atoms with Crippen molar-refractivity contribution in [3.63, 3.8) is 0 Å². The summed E-state index contributed by atoms with van der Waals surface area (Å²) in [5.41, 5.74) is 0. The molecule has 0 aliphatic heterocycles. The van der Waals surface area contributed by atoms with Crippen molar-refractivity contribution in [3.05, 3.63) is 10.2 Å². The van der Waals surface area contributed by atoms with Crippen molar-refractivity contribution in [1.82, 2.24) is 5.32 Å². The minimum Gasteiger partial charge on any atom is -0.317 e. The van der Waals surface area contributed by atoms with Gasteiger partial charge in [0.1, 0.15) is 0 Å². The molecule has 0 saturated carbocycles. The van der Waals surface area contributed by atoms with E-state index >= 15 is 0 Å². The van der Waals surface area contributed by atoms with Crippen LogP contribution in [-0.4, -0.2) is 13.1 Å². The molecule has 0 spiro atoms. The molecule has 10 heavy (non-hydrogen) atoms. The van der Waals surface area contributed by atoms with E-state index in [-0.39, 0.29) is 0 Å². The van der Waals surface area contributed by atoms with Gasteiger partial charge >= 0.3 is 0 Å². The van der Waals surface area contributed by atoms with E-state index in [0.717, 1.165) is 13.1 Å². The molecule has 60 valence electrons. The first-order chi connectivity index (χ1) is 4.77. The molecule has 0 aliphatic rings. The monoisotopic (exact) mass is 253 g/mol. The maximum atomic E-state index is 3.84. The smallest absolute Gasteiger partial charge is 0.00489 e. The van der Waals surface area contributed by atoms with Gasteiger partial charge in [-0.2, -0.15) is 0 Å². The number of rotatable bonds is 6. The van der Waals surface area contributed by atoms with Gasteiger partial charge in [0.15, 0.2) is 0 Å². The largest absolute Gasteiger partial charge is 0.317 e. The average molecular weight is 253 g/mol. The van der Waals surface area contributed by atoms with Gasteiger partial charge in [-0.3, -0.25) is 0 Å². The van der Waals surface area contributed by atoms with E-state index in [1.165, 1.54) is 22.8 Å². The molecule has 2 heteroatoms. The van der Waals surface area contributed by atoms with Gasteiger partial charge in [-0.25, -0.2) is 0 Å². The number of unbranched alkanes of at least 4 members (excludes halogenated alkanes) is 1. The normalized spacial score (nSPS) is 9.80. The standard InChI is InChI=1S/C8H16IN/c1-3-10-7-5-4-6-8(2)9/h10H,2-7H2,1H3. The lowest BCUT2D eigenvalue weighted by atomic mass is 10.2. The van der Waals surface area contributed by atoms with Gasteiger partial charge in [-0.05, 0) is 58.5 Å². The average Bonchev–Trinajstić information content (AvgIpc) is 1.87. The van der Waals surface area contributed by atoms with Gasteiger partial charge in [0, 0.05) is 0 Å². The molecule has 0 fully saturated rings. The minimum absolute atomic E-state index is 1.09. The summed E-state index contributed by atoms with van der Waals surface area (Å²) in [6, 6.07) is 0. The first-order valence-electron chi connectivity index (χ1n) is 3.81. The molecule has 0 radical (unpaired) electrons. The van der Waals surface area contributed by atoms with Crippen molar-refractivity contribution in [2.45, 2.75) is 26.2 Å². The summed E-state index contributed by atoms with van der Waals surface area (Å²) in [4.78, 5) is 0. The Hall–Kier alpha value is 0.430. The van der Waals surface area contributed by atoms with Gasteiger partial charge in [0.05, 0.1) is 0 Å². The molecule has 0 aliphatic carbocycles. The lowest BCUT2D eigenvalue weighted by molar-refractivity contribution is 0.645. The van der Waals surface area contributed by atoms with E-state index < -0.39 is 0 Å². The molecule has 0 bridgehead atoms. The summed E-state index contributed by atoms with van der Waals surface area (Å²) in [6.45, 7) is 8.22. The number of hydrogen-bond acceptors (Lipinski definition) is 1. The molecule has 1 N–H and O–H groups in total. The second-order valence-electron chi connectivity index (χ2n) is 2.33. The molecule has 0 unspecified atom stereocenters. The third-order valence-electron chi connectivity index (χ3n) is 1.30. The van der Waals surface area contributed by atoms with Crippen LogP contribution in [-0.2, 0) is 0 Å². The first-order valence-corrected chi connectivity index (χ1v) is 4.89. The Labute approximate surface area is 77.4 Å². The Balaban J connectivity index is 2.84. The van der Waals surface area contributed by atoms with Crippen molar-refractivity contribution in [2.75, 3.05) is 13.1 Å². The van der Waals surface area contributed by atoms with Crippen LogP contribution >= 0.6 is 22.6 Å². The molecule has 0 heterocycles. The lowest BCUT2D eigenvalue weighted by Gasteiger charge is -1.99. The number of halogens is 1. The van der Waals surface area contributed by atoms with Crippen LogP contribution in [0, 0.1) is 0 Å². The highest BCUT2D eigenvalue weighted by molar-refractivity contribution is 14.1. The molecule has 0 aromatic heterocycles. The van der Waals surface area contributed by atoms with Crippen LogP contribution in [0.4, 0.5) is 0 Å². The quantitative estimate of drug-likeness (QED) is 0.567. The van der Waals surface area contributed by atoms with Crippen molar-refractivity contribution in [2.24, 2.45) is 0 Å². The van der Waals surface area contributed by atoms with Gasteiger partial charge in [0.25, 0.3) is 0 Å². The van der Waals surface area contributed by atoms with Crippen molar-refractivity contribution < 1.29 is 0 Å². The molecule has 0 amide bonds. The molecule has 0 saturated heterocycles. The van der Waals surface area contributed by atoms with E-state index in [0.29, 0.717) is 0 Å². The third-order valence-corrected chi connectivity index (χ3v) is 1.84. The first kappa shape index (κ1) is 10.4. The summed E-state index contributed by atoms with van der Waals surface area (Å²) in [5, 5.41) is 3.29. The Kier molecular flexibility index (Phi) is 7.86. The summed E-state index contributed by atoms with van der Waals surface area (Å²) < 4.78 is 1.27. The lowest BCUT2D eigenvalue weighted by Crippen LogP contribution is -2.13. The fraction of sp³-hybridized carbons (Fsp3) is 0.750. The zero-order valence-corrected chi connectivity index (χ0v) is 8.78. The van der Waals surface area contributed by atoms with Crippen molar-refractivity contribution in [1.29, 1.82) is 0 Å². The fourth-order valence-corrected chi connectivity index (χ4v) is 1.12. The highest BCUT2D eigenvalue weighted by Crippen LogP contribution is 2.10. The summed E-state index contributed by atoms with van der Waals surface area (Å²) in [7, 11) is 0. The predicted octanol–water partition coefficient (Wildman–Crippen LogP) is 2.71. The van der Waals surface area contributed by atoms with Crippen LogP contribution in [0.2, 0.25) is 0 Å². The van der Waals surface area contributed by atoms with Gasteiger partial charge < -0.3 is 5.32 Å². The third kappa shape index (κ3) is 8.43. The van der Waals surface area contributed by atoms with Gasteiger partial charge in [-0.15, -0.1) is 0 Å². The molecule has 0 aromatic rings. The van der Waals surface area contributed by atoms with Crippen LogP contribution in [0.5, 0.6) is 0 Å².